The molecule has 20 heavy (non-hydrogen) atoms. The second kappa shape index (κ2) is 5.46. The summed E-state index contributed by atoms with van der Waals surface area (Å²) in [4.78, 5) is 0. The first-order chi connectivity index (χ1) is 8.74. The quantitative estimate of drug-likeness (QED) is 0.621. The molecule has 1 saturated heterocycles. The van der Waals surface area contributed by atoms with Gasteiger partial charge < -0.3 is 4.74 Å². The topological polar surface area (TPSA) is 27.8 Å². The maximum absolute atomic E-state index is 12.6. The van der Waals surface area contributed by atoms with Crippen molar-refractivity contribution in [2.24, 2.45) is 10.8 Å². The maximum Gasteiger partial charge on any atom is 0.405 e. The second-order valence-corrected chi connectivity index (χ2v) is 7.66. The summed E-state index contributed by atoms with van der Waals surface area (Å²) in [6.07, 6.45) is -3.68. The van der Waals surface area contributed by atoms with Gasteiger partial charge in [-0.05, 0) is 24.2 Å². The fourth-order valence-electron chi connectivity index (χ4n) is 2.80. The van der Waals surface area contributed by atoms with Crippen LogP contribution in [-0.4, -0.2) is 36.6 Å². The Balaban J connectivity index is 2.51. The van der Waals surface area contributed by atoms with E-state index in [-0.39, 0.29) is 23.2 Å². The Bertz CT molecular complexity index is 336. The van der Waals surface area contributed by atoms with Gasteiger partial charge in [0.2, 0.25) is 0 Å². The van der Waals surface area contributed by atoms with E-state index in [9.17, 15) is 13.2 Å². The summed E-state index contributed by atoms with van der Waals surface area (Å²) in [6.45, 7) is 11.8. The molecule has 1 aliphatic heterocycles. The summed E-state index contributed by atoms with van der Waals surface area (Å²) >= 11 is 0. The Morgan fingerprint density at radius 2 is 1.65 bits per heavy atom. The highest BCUT2D eigenvalue weighted by Crippen LogP contribution is 2.44. The van der Waals surface area contributed by atoms with Crippen LogP contribution in [0.25, 0.3) is 0 Å². The van der Waals surface area contributed by atoms with E-state index in [1.165, 1.54) is 7.05 Å². The first kappa shape index (κ1) is 17.7. The van der Waals surface area contributed by atoms with E-state index < -0.39 is 12.2 Å². The highest BCUT2D eigenvalue weighted by atomic mass is 19.4. The molecule has 120 valence electrons. The van der Waals surface area contributed by atoms with Crippen molar-refractivity contribution < 1.29 is 17.9 Å². The van der Waals surface area contributed by atoms with Crippen LogP contribution in [0.2, 0.25) is 0 Å². The number of hydrogen-bond acceptors (Lipinski definition) is 3. The molecule has 0 aromatic carbocycles. The number of alkyl halides is 3. The van der Waals surface area contributed by atoms with Crippen molar-refractivity contribution in [2.45, 2.75) is 72.5 Å². The third kappa shape index (κ3) is 4.90. The molecular weight excluding hydrogens is 269 g/mol. The van der Waals surface area contributed by atoms with E-state index in [2.05, 4.69) is 40.0 Å². The van der Waals surface area contributed by atoms with Crippen LogP contribution in [0.5, 0.6) is 0 Å². The van der Waals surface area contributed by atoms with Crippen molar-refractivity contribution in [1.29, 1.82) is 0 Å². The van der Waals surface area contributed by atoms with E-state index >= 15 is 0 Å². The lowest BCUT2D eigenvalue weighted by Crippen LogP contribution is -2.50. The highest BCUT2D eigenvalue weighted by Gasteiger charge is 2.52. The van der Waals surface area contributed by atoms with Gasteiger partial charge in [0.1, 0.15) is 18.4 Å². The Morgan fingerprint density at radius 1 is 1.15 bits per heavy atom. The van der Waals surface area contributed by atoms with Crippen LogP contribution in [-0.2, 0) is 4.74 Å². The van der Waals surface area contributed by atoms with Gasteiger partial charge in [-0.15, -0.1) is 0 Å². The summed E-state index contributed by atoms with van der Waals surface area (Å²) in [5.41, 5.74) is 2.88. The van der Waals surface area contributed by atoms with Crippen molar-refractivity contribution in [2.75, 3.05) is 7.05 Å². The van der Waals surface area contributed by atoms with Crippen molar-refractivity contribution in [3.63, 3.8) is 0 Å². The zero-order valence-corrected chi connectivity index (χ0v) is 13.4. The number of nitrogens with one attached hydrogen (secondary N) is 1. The van der Waals surface area contributed by atoms with Crippen LogP contribution in [0.1, 0.15) is 48.0 Å². The molecule has 1 heterocycles. The average molecular weight is 296 g/mol. The van der Waals surface area contributed by atoms with Gasteiger partial charge in [-0.3, -0.25) is 0 Å². The lowest BCUT2D eigenvalue weighted by atomic mass is 9.74. The average Bonchev–Trinajstić information content (AvgIpc) is 2.91. The zero-order valence-electron chi connectivity index (χ0n) is 13.4. The van der Waals surface area contributed by atoms with Crippen molar-refractivity contribution >= 4 is 0 Å². The number of hydrogen-bond donors (Lipinski definition) is 1. The Labute approximate surface area is 119 Å². The van der Waals surface area contributed by atoms with Crippen LogP contribution in [0, 0.1) is 10.8 Å². The monoisotopic (exact) mass is 296 g/mol. The molecule has 0 amide bonds. The third-order valence-electron chi connectivity index (χ3n) is 3.63. The largest absolute Gasteiger partial charge is 0.405 e. The summed E-state index contributed by atoms with van der Waals surface area (Å²) in [7, 11) is 1.40. The molecule has 0 aromatic rings. The van der Waals surface area contributed by atoms with E-state index in [1.54, 1.807) is 0 Å². The van der Waals surface area contributed by atoms with Crippen LogP contribution < -0.4 is 5.43 Å². The highest BCUT2D eigenvalue weighted by molar-refractivity contribution is 4.96. The molecule has 1 fully saturated rings. The smallest absolute Gasteiger partial charge is 0.351 e. The van der Waals surface area contributed by atoms with Crippen molar-refractivity contribution in [3.8, 4) is 0 Å². The molecule has 0 saturated carbocycles. The minimum atomic E-state index is -4.24. The van der Waals surface area contributed by atoms with E-state index in [1.807, 2.05) is 0 Å². The number of nitrogens with zero attached hydrogens (tertiary/aromatic N) is 1. The van der Waals surface area contributed by atoms with Crippen LogP contribution >= 0.6 is 0 Å². The van der Waals surface area contributed by atoms with Crippen molar-refractivity contribution in [3.05, 3.63) is 0 Å². The molecule has 1 rings (SSSR count). The van der Waals surface area contributed by atoms with Gasteiger partial charge in [0.25, 0.3) is 0 Å². The van der Waals surface area contributed by atoms with Gasteiger partial charge >= 0.3 is 6.18 Å². The Kier molecular flexibility index (Phi) is 4.84. The third-order valence-corrected chi connectivity index (χ3v) is 3.63. The lowest BCUT2D eigenvalue weighted by molar-refractivity contribution is -0.184. The minimum Gasteiger partial charge on any atom is -0.351 e. The molecule has 6 heteroatoms. The number of halogens is 3. The molecule has 3 atom stereocenters. The molecule has 0 spiro atoms. The predicted octanol–water partition coefficient (Wildman–Crippen LogP) is 3.56. The molecule has 1 N–H and O–H groups in total. The number of ether oxygens (including phenoxy) is 1. The summed E-state index contributed by atoms with van der Waals surface area (Å²) in [6, 6.07) is -1.54. The molecular formula is C14H27F3N2O. The molecule has 0 radical (unpaired) electrons. The summed E-state index contributed by atoms with van der Waals surface area (Å²) in [5, 5.41) is 1.08. The lowest BCUT2D eigenvalue weighted by Gasteiger charge is -2.32. The Hall–Kier alpha value is -0.330. The van der Waals surface area contributed by atoms with Gasteiger partial charge in [0.15, 0.2) is 0 Å². The van der Waals surface area contributed by atoms with Crippen molar-refractivity contribution in [1.82, 2.24) is 10.4 Å². The van der Waals surface area contributed by atoms with E-state index in [0.29, 0.717) is 0 Å². The molecule has 0 bridgehead atoms. The van der Waals surface area contributed by atoms with E-state index in [0.717, 1.165) is 18.4 Å². The standard InChI is InChI=1S/C14H27F3N2O/c1-9(14(15,16)17)19(7)18-11-10(20-11)13(5,6)8-12(2,3)4/h9-11,18H,8H2,1-7H3. The van der Waals surface area contributed by atoms with Gasteiger partial charge in [-0.2, -0.15) is 13.2 Å². The van der Waals surface area contributed by atoms with Gasteiger partial charge in [0.05, 0.1) is 0 Å². The SMILES string of the molecule is CC(N(C)NC1OC1C(C)(C)CC(C)(C)C)C(F)(F)F. The maximum atomic E-state index is 12.6. The Morgan fingerprint density at radius 3 is 2.05 bits per heavy atom. The molecule has 3 unspecified atom stereocenters. The molecule has 0 aromatic heterocycles. The molecule has 1 aliphatic rings. The fourth-order valence-corrected chi connectivity index (χ4v) is 2.80. The van der Waals surface area contributed by atoms with Crippen LogP contribution in [0.4, 0.5) is 13.2 Å². The van der Waals surface area contributed by atoms with E-state index in [4.69, 9.17) is 4.74 Å². The van der Waals surface area contributed by atoms with Crippen LogP contribution in [0.3, 0.4) is 0 Å². The number of hydrazine groups is 1. The molecule has 3 nitrogen and oxygen atoms in total. The molecule has 0 aliphatic carbocycles. The number of rotatable bonds is 5. The van der Waals surface area contributed by atoms with Gasteiger partial charge in [-0.1, -0.05) is 34.6 Å². The van der Waals surface area contributed by atoms with Crippen LogP contribution in [0.15, 0.2) is 0 Å². The zero-order chi connectivity index (χ0) is 15.9. The fraction of sp³-hybridized carbons (Fsp3) is 1.00. The number of epoxide rings is 1. The first-order valence-corrected chi connectivity index (χ1v) is 6.95. The van der Waals surface area contributed by atoms with Gasteiger partial charge in [-0.25, -0.2) is 10.4 Å². The summed E-state index contributed by atoms with van der Waals surface area (Å²) < 4.78 is 43.3. The normalized spacial score (nSPS) is 25.9. The predicted molar refractivity (Wildman–Crippen MR) is 72.9 cm³/mol. The van der Waals surface area contributed by atoms with Gasteiger partial charge in [0, 0.05) is 7.05 Å². The summed E-state index contributed by atoms with van der Waals surface area (Å²) in [5.74, 6) is 0. The first-order valence-electron chi connectivity index (χ1n) is 6.95. The second-order valence-electron chi connectivity index (χ2n) is 7.66. The minimum absolute atomic E-state index is 0.0513.